The fourth-order valence-corrected chi connectivity index (χ4v) is 5.52. The van der Waals surface area contributed by atoms with Crippen molar-refractivity contribution in [2.24, 2.45) is 0 Å². The van der Waals surface area contributed by atoms with Crippen LogP contribution in [-0.2, 0) is 13.2 Å². The van der Waals surface area contributed by atoms with Gasteiger partial charge in [0, 0.05) is 22.3 Å². The average Bonchev–Trinajstić information content (AvgIpc) is 3.06. The van der Waals surface area contributed by atoms with E-state index in [4.69, 9.17) is 9.47 Å². The van der Waals surface area contributed by atoms with Gasteiger partial charge in [0.05, 0.1) is 45.0 Å². The molecule has 0 saturated heterocycles. The molecule has 0 fully saturated rings. The van der Waals surface area contributed by atoms with E-state index >= 15 is 0 Å². The molecular formula is C38H28N6O2. The molecular weight excluding hydrogens is 572 g/mol. The highest BCUT2D eigenvalue weighted by Gasteiger charge is 2.22. The fourth-order valence-electron chi connectivity index (χ4n) is 5.52. The molecule has 0 aliphatic carbocycles. The van der Waals surface area contributed by atoms with Crippen molar-refractivity contribution in [3.63, 3.8) is 0 Å². The number of ether oxygens (including phenoxy) is 2. The Hall–Kier alpha value is -6.48. The Balaban J connectivity index is 1.40. The summed E-state index contributed by atoms with van der Waals surface area (Å²) in [7, 11) is 0. The Morgan fingerprint density at radius 3 is 1.20 bits per heavy atom. The molecule has 2 aromatic heterocycles. The van der Waals surface area contributed by atoms with Crippen molar-refractivity contribution < 1.29 is 9.47 Å². The van der Waals surface area contributed by atoms with Crippen molar-refractivity contribution in [3.8, 4) is 58.0 Å². The van der Waals surface area contributed by atoms with Crippen LogP contribution in [0.2, 0.25) is 0 Å². The van der Waals surface area contributed by atoms with E-state index < -0.39 is 0 Å². The first kappa shape index (κ1) is 31.0. The van der Waals surface area contributed by atoms with Gasteiger partial charge in [-0.05, 0) is 57.0 Å². The molecule has 5 rings (SSSR count). The quantitative estimate of drug-likeness (QED) is 0.177. The number of pyridine rings is 2. The monoisotopic (exact) mass is 600 g/mol. The third-order valence-corrected chi connectivity index (χ3v) is 7.66. The van der Waals surface area contributed by atoms with Gasteiger partial charge in [0.1, 0.15) is 49.0 Å². The van der Waals surface area contributed by atoms with Crippen LogP contribution in [0.5, 0.6) is 11.5 Å². The molecule has 0 radical (unpaired) electrons. The average molecular weight is 601 g/mol. The maximum absolute atomic E-state index is 9.91. The first-order valence-corrected chi connectivity index (χ1v) is 14.5. The number of aryl methyl sites for hydroxylation is 4. The maximum atomic E-state index is 9.91. The zero-order valence-corrected chi connectivity index (χ0v) is 25.8. The summed E-state index contributed by atoms with van der Waals surface area (Å²) in [6.07, 6.45) is 0. The van der Waals surface area contributed by atoms with Crippen LogP contribution >= 0.6 is 0 Å². The number of rotatable bonds is 8. The second-order valence-electron chi connectivity index (χ2n) is 10.7. The molecule has 0 saturated carbocycles. The minimum atomic E-state index is 0.237. The summed E-state index contributed by atoms with van der Waals surface area (Å²) >= 11 is 0. The standard InChI is InChI=1S/C38H28N6O2/c1-23-31(17-39)37(32(18-40)24(2)43-23)29-12-5-7-14-35(29)45-21-27-10-9-11-28(16-27)22-46-36-15-8-6-13-30(36)38-33(19-41)25(3)44-26(4)34(38)20-42/h5-16H,21-22H2,1-4H3. The van der Waals surface area contributed by atoms with Crippen LogP contribution in [-0.4, -0.2) is 9.97 Å². The SMILES string of the molecule is Cc1nc(C)c(C#N)c(-c2ccccc2OCc2cccc(COc3ccccc3-c3c(C#N)c(C)nc(C)c3C#N)c2)c1C#N. The molecule has 5 aromatic rings. The van der Waals surface area contributed by atoms with Gasteiger partial charge in [-0.15, -0.1) is 0 Å². The lowest BCUT2D eigenvalue weighted by atomic mass is 9.93. The van der Waals surface area contributed by atoms with E-state index in [9.17, 15) is 21.0 Å². The van der Waals surface area contributed by atoms with Crippen molar-refractivity contribution in [3.05, 3.63) is 129 Å². The van der Waals surface area contributed by atoms with Crippen LogP contribution in [0.3, 0.4) is 0 Å². The highest BCUT2D eigenvalue weighted by molar-refractivity contribution is 5.83. The molecule has 0 amide bonds. The smallest absolute Gasteiger partial charge is 0.127 e. The second-order valence-corrected chi connectivity index (χ2v) is 10.7. The normalized spacial score (nSPS) is 10.3. The van der Waals surface area contributed by atoms with Crippen molar-refractivity contribution in [1.29, 1.82) is 21.0 Å². The van der Waals surface area contributed by atoms with E-state index in [1.165, 1.54) is 0 Å². The molecule has 0 unspecified atom stereocenters. The number of aromatic nitrogens is 2. The molecule has 0 aliphatic heterocycles. The Bertz CT molecular complexity index is 1930. The van der Waals surface area contributed by atoms with E-state index in [2.05, 4.69) is 34.2 Å². The Labute approximate surface area is 268 Å². The van der Waals surface area contributed by atoms with Gasteiger partial charge in [-0.2, -0.15) is 21.0 Å². The third-order valence-electron chi connectivity index (χ3n) is 7.66. The van der Waals surface area contributed by atoms with Gasteiger partial charge in [-0.25, -0.2) is 0 Å². The molecule has 46 heavy (non-hydrogen) atoms. The van der Waals surface area contributed by atoms with Crippen LogP contribution < -0.4 is 9.47 Å². The first-order chi connectivity index (χ1) is 22.3. The number of nitrogens with zero attached hydrogens (tertiary/aromatic N) is 6. The molecule has 0 aliphatic rings. The van der Waals surface area contributed by atoms with E-state index in [0.29, 0.717) is 78.8 Å². The molecule has 0 N–H and O–H groups in total. The second kappa shape index (κ2) is 13.4. The van der Waals surface area contributed by atoms with Gasteiger partial charge in [-0.1, -0.05) is 54.6 Å². The number of benzene rings is 3. The van der Waals surface area contributed by atoms with Crippen molar-refractivity contribution >= 4 is 0 Å². The Morgan fingerprint density at radius 1 is 0.500 bits per heavy atom. The minimum absolute atomic E-state index is 0.237. The van der Waals surface area contributed by atoms with Crippen LogP contribution in [0.4, 0.5) is 0 Å². The molecule has 3 aromatic carbocycles. The van der Waals surface area contributed by atoms with Crippen molar-refractivity contribution in [1.82, 2.24) is 9.97 Å². The third kappa shape index (κ3) is 5.97. The molecule has 8 nitrogen and oxygen atoms in total. The van der Waals surface area contributed by atoms with Crippen LogP contribution in [0, 0.1) is 73.0 Å². The summed E-state index contributed by atoms with van der Waals surface area (Å²) in [5.41, 5.74) is 7.73. The topological polar surface area (TPSA) is 139 Å². The Kier molecular flexibility index (Phi) is 9.05. The van der Waals surface area contributed by atoms with Crippen molar-refractivity contribution in [2.75, 3.05) is 0 Å². The van der Waals surface area contributed by atoms with Crippen molar-refractivity contribution in [2.45, 2.75) is 40.9 Å². The first-order valence-electron chi connectivity index (χ1n) is 14.5. The van der Waals surface area contributed by atoms with E-state index in [1.54, 1.807) is 27.7 Å². The highest BCUT2D eigenvalue weighted by atomic mass is 16.5. The van der Waals surface area contributed by atoms with Crippen LogP contribution in [0.25, 0.3) is 22.3 Å². The lowest BCUT2D eigenvalue weighted by Crippen LogP contribution is -2.04. The summed E-state index contributed by atoms with van der Waals surface area (Å²) in [5.74, 6) is 1.08. The molecule has 8 heteroatoms. The summed E-state index contributed by atoms with van der Waals surface area (Å²) < 4.78 is 12.6. The molecule has 0 atom stereocenters. The molecule has 2 heterocycles. The molecule has 222 valence electrons. The van der Waals surface area contributed by atoms with Gasteiger partial charge < -0.3 is 9.47 Å². The maximum Gasteiger partial charge on any atom is 0.127 e. The summed E-state index contributed by atoms with van der Waals surface area (Å²) in [5, 5.41) is 39.6. The van der Waals surface area contributed by atoms with Gasteiger partial charge in [-0.3, -0.25) is 9.97 Å². The number of hydrogen-bond acceptors (Lipinski definition) is 8. The zero-order chi connectivity index (χ0) is 32.8. The van der Waals surface area contributed by atoms with E-state index in [0.717, 1.165) is 11.1 Å². The van der Waals surface area contributed by atoms with Gasteiger partial charge in [0.15, 0.2) is 0 Å². The predicted octanol–water partition coefficient (Wildman–Crippen LogP) is 7.69. The van der Waals surface area contributed by atoms with E-state index in [1.807, 2.05) is 72.8 Å². The largest absolute Gasteiger partial charge is 0.488 e. The Morgan fingerprint density at radius 2 is 0.848 bits per heavy atom. The molecule has 0 bridgehead atoms. The zero-order valence-electron chi connectivity index (χ0n) is 25.8. The van der Waals surface area contributed by atoms with Crippen LogP contribution in [0.1, 0.15) is 56.2 Å². The highest BCUT2D eigenvalue weighted by Crippen LogP contribution is 2.38. The van der Waals surface area contributed by atoms with Gasteiger partial charge in [0.2, 0.25) is 0 Å². The van der Waals surface area contributed by atoms with Crippen LogP contribution in [0.15, 0.2) is 72.8 Å². The predicted molar refractivity (Wildman–Crippen MR) is 172 cm³/mol. The number of para-hydroxylation sites is 2. The van der Waals surface area contributed by atoms with Gasteiger partial charge >= 0.3 is 0 Å². The number of nitriles is 4. The molecule has 0 spiro atoms. The van der Waals surface area contributed by atoms with Gasteiger partial charge in [0.25, 0.3) is 0 Å². The summed E-state index contributed by atoms with van der Waals surface area (Å²) in [4.78, 5) is 8.78. The minimum Gasteiger partial charge on any atom is -0.488 e. The lowest BCUT2D eigenvalue weighted by Gasteiger charge is -2.17. The lowest BCUT2D eigenvalue weighted by molar-refractivity contribution is 0.301. The summed E-state index contributed by atoms with van der Waals surface area (Å²) in [6, 6.07) is 31.4. The van der Waals surface area contributed by atoms with E-state index in [-0.39, 0.29) is 13.2 Å². The fraction of sp³-hybridized carbons (Fsp3) is 0.158. The summed E-state index contributed by atoms with van der Waals surface area (Å²) in [6.45, 7) is 7.51. The number of hydrogen-bond donors (Lipinski definition) is 0.